The van der Waals surface area contributed by atoms with E-state index in [0.717, 1.165) is 5.57 Å². The van der Waals surface area contributed by atoms with Gasteiger partial charge >= 0.3 is 11.9 Å². The molecule has 122 valence electrons. The Morgan fingerprint density at radius 2 is 1.77 bits per heavy atom. The minimum atomic E-state index is -1.09. The van der Waals surface area contributed by atoms with Crippen molar-refractivity contribution >= 4 is 11.9 Å². The summed E-state index contributed by atoms with van der Waals surface area (Å²) in [4.78, 5) is 24.0. The summed E-state index contributed by atoms with van der Waals surface area (Å²) in [5.41, 5.74) is 1.29. The van der Waals surface area contributed by atoms with Gasteiger partial charge in [0.05, 0.1) is 0 Å². The Labute approximate surface area is 128 Å². The molecule has 3 fully saturated rings. The van der Waals surface area contributed by atoms with E-state index in [1.54, 1.807) is 34.6 Å². The summed E-state index contributed by atoms with van der Waals surface area (Å²) in [6.07, 6.45) is -3.54. The van der Waals surface area contributed by atoms with Gasteiger partial charge in [0.15, 0.2) is 24.3 Å². The Bertz CT molecular complexity index is 546. The van der Waals surface area contributed by atoms with Crippen LogP contribution in [0, 0.1) is 0 Å². The van der Waals surface area contributed by atoms with Gasteiger partial charge in [-0.15, -0.1) is 0 Å². The average molecular weight is 312 g/mol. The highest BCUT2D eigenvalue weighted by atomic mass is 16.8. The van der Waals surface area contributed by atoms with Crippen molar-refractivity contribution in [2.24, 2.45) is 0 Å². The van der Waals surface area contributed by atoms with Gasteiger partial charge in [0.1, 0.15) is 6.10 Å². The number of ether oxygens (including phenoxy) is 5. The topological polar surface area (TPSA) is 80.3 Å². The van der Waals surface area contributed by atoms with Crippen LogP contribution in [0.4, 0.5) is 0 Å². The zero-order chi connectivity index (χ0) is 16.2. The average Bonchev–Trinajstić information content (AvgIpc) is 2.97. The molecule has 5 unspecified atom stereocenters. The largest absolute Gasteiger partial charge is 0.454 e. The predicted octanol–water partition coefficient (Wildman–Crippen LogP) is 1.06. The molecule has 0 aromatic rings. The van der Waals surface area contributed by atoms with Crippen molar-refractivity contribution in [2.75, 3.05) is 0 Å². The van der Waals surface area contributed by atoms with Gasteiger partial charge in [-0.25, -0.2) is 9.59 Å². The van der Waals surface area contributed by atoms with Crippen molar-refractivity contribution < 1.29 is 33.3 Å². The second kappa shape index (κ2) is 5.04. The number of fused-ring (bicyclic) bond motifs is 3. The summed E-state index contributed by atoms with van der Waals surface area (Å²) < 4.78 is 27.5. The third kappa shape index (κ3) is 2.43. The van der Waals surface area contributed by atoms with Crippen LogP contribution in [-0.4, -0.2) is 48.4 Å². The molecule has 7 heteroatoms. The molecule has 0 aliphatic carbocycles. The van der Waals surface area contributed by atoms with Gasteiger partial charge in [0.2, 0.25) is 6.10 Å². The van der Waals surface area contributed by atoms with Crippen LogP contribution in [-0.2, 0) is 33.3 Å². The molecular weight excluding hydrogens is 292 g/mol. The highest BCUT2D eigenvalue weighted by Crippen LogP contribution is 2.43. The second-order valence-electron chi connectivity index (χ2n) is 6.42. The molecule has 3 aliphatic rings. The lowest BCUT2D eigenvalue weighted by atomic mass is 10.1. The summed E-state index contributed by atoms with van der Waals surface area (Å²) in [7, 11) is 0. The van der Waals surface area contributed by atoms with Crippen molar-refractivity contribution in [1.29, 1.82) is 0 Å². The summed E-state index contributed by atoms with van der Waals surface area (Å²) >= 11 is 0. The van der Waals surface area contributed by atoms with Crippen molar-refractivity contribution in [3.8, 4) is 0 Å². The molecule has 3 aliphatic heterocycles. The summed E-state index contributed by atoms with van der Waals surface area (Å²) in [6.45, 7) is 8.76. The SMILES string of the molecule is CC(C)=C(C)C(=O)OC1C(=O)OC2C3OC(C)(C)OC3OC12. The highest BCUT2D eigenvalue weighted by Gasteiger charge is 2.64. The smallest absolute Gasteiger partial charge is 0.350 e. The molecule has 5 atom stereocenters. The molecule has 0 aromatic carbocycles. The molecule has 0 bridgehead atoms. The Morgan fingerprint density at radius 3 is 2.41 bits per heavy atom. The van der Waals surface area contributed by atoms with E-state index < -0.39 is 48.4 Å². The van der Waals surface area contributed by atoms with Crippen LogP contribution in [0.15, 0.2) is 11.1 Å². The molecule has 0 saturated carbocycles. The molecule has 22 heavy (non-hydrogen) atoms. The molecule has 7 nitrogen and oxygen atoms in total. The van der Waals surface area contributed by atoms with Gasteiger partial charge in [0.25, 0.3) is 0 Å². The van der Waals surface area contributed by atoms with E-state index in [9.17, 15) is 9.59 Å². The van der Waals surface area contributed by atoms with Crippen LogP contribution in [0.25, 0.3) is 0 Å². The number of hydrogen-bond donors (Lipinski definition) is 0. The van der Waals surface area contributed by atoms with Crippen LogP contribution in [0.2, 0.25) is 0 Å². The molecule has 0 radical (unpaired) electrons. The molecule has 0 N–H and O–H groups in total. The van der Waals surface area contributed by atoms with Gasteiger partial charge in [-0.1, -0.05) is 5.57 Å². The summed E-state index contributed by atoms with van der Waals surface area (Å²) in [6, 6.07) is 0. The number of carbonyl (C=O) groups excluding carboxylic acids is 2. The standard InChI is InChI=1S/C15H20O7/c1-6(2)7(3)12(16)19-10-8-9(18-13(10)17)11-14(20-8)22-15(4,5)21-11/h8-11,14H,1-5H3. The van der Waals surface area contributed by atoms with Gasteiger partial charge in [-0.05, 0) is 34.6 Å². The van der Waals surface area contributed by atoms with Crippen LogP contribution in [0.1, 0.15) is 34.6 Å². The lowest BCUT2D eigenvalue weighted by Gasteiger charge is -2.21. The van der Waals surface area contributed by atoms with Gasteiger partial charge < -0.3 is 23.7 Å². The van der Waals surface area contributed by atoms with Gasteiger partial charge in [-0.2, -0.15) is 0 Å². The zero-order valence-corrected chi connectivity index (χ0v) is 13.2. The molecule has 0 aromatic heterocycles. The molecule has 3 heterocycles. The number of hydrogen-bond acceptors (Lipinski definition) is 7. The van der Waals surface area contributed by atoms with E-state index in [0.29, 0.717) is 5.57 Å². The molecule has 3 rings (SSSR count). The Balaban J connectivity index is 1.73. The molecule has 0 spiro atoms. The fraction of sp³-hybridized carbons (Fsp3) is 0.733. The Morgan fingerprint density at radius 1 is 1.09 bits per heavy atom. The first kappa shape index (κ1) is 15.5. The first-order chi connectivity index (χ1) is 10.2. The zero-order valence-electron chi connectivity index (χ0n) is 13.2. The van der Waals surface area contributed by atoms with Crippen LogP contribution in [0.5, 0.6) is 0 Å². The fourth-order valence-electron chi connectivity index (χ4n) is 2.74. The highest BCUT2D eigenvalue weighted by molar-refractivity contribution is 5.91. The van der Waals surface area contributed by atoms with Gasteiger partial charge in [-0.3, -0.25) is 0 Å². The number of carbonyl (C=O) groups is 2. The normalized spacial score (nSPS) is 38.2. The second-order valence-corrected chi connectivity index (χ2v) is 6.42. The van der Waals surface area contributed by atoms with Crippen LogP contribution >= 0.6 is 0 Å². The Kier molecular flexibility index (Phi) is 3.54. The third-order valence-electron chi connectivity index (χ3n) is 4.10. The Hall–Kier alpha value is -1.44. The molecule has 3 saturated heterocycles. The number of esters is 2. The first-order valence-electron chi connectivity index (χ1n) is 7.26. The predicted molar refractivity (Wildman–Crippen MR) is 72.5 cm³/mol. The minimum Gasteiger partial charge on any atom is -0.454 e. The molecular formula is C15H20O7. The van der Waals surface area contributed by atoms with E-state index in [-0.39, 0.29) is 0 Å². The maximum absolute atomic E-state index is 12.0. The van der Waals surface area contributed by atoms with Crippen molar-refractivity contribution in [1.82, 2.24) is 0 Å². The maximum atomic E-state index is 12.0. The van der Waals surface area contributed by atoms with E-state index in [1.807, 2.05) is 0 Å². The lowest BCUT2D eigenvalue weighted by Crippen LogP contribution is -2.37. The van der Waals surface area contributed by atoms with Crippen LogP contribution < -0.4 is 0 Å². The minimum absolute atomic E-state index is 0.461. The number of rotatable bonds is 2. The fourth-order valence-corrected chi connectivity index (χ4v) is 2.74. The lowest BCUT2D eigenvalue weighted by molar-refractivity contribution is -0.216. The van der Waals surface area contributed by atoms with E-state index in [4.69, 9.17) is 23.7 Å². The monoisotopic (exact) mass is 312 g/mol. The first-order valence-corrected chi connectivity index (χ1v) is 7.26. The van der Waals surface area contributed by atoms with E-state index in [1.165, 1.54) is 0 Å². The van der Waals surface area contributed by atoms with Gasteiger partial charge in [0, 0.05) is 5.57 Å². The van der Waals surface area contributed by atoms with Crippen LogP contribution in [0.3, 0.4) is 0 Å². The summed E-state index contributed by atoms with van der Waals surface area (Å²) in [5, 5.41) is 0. The number of allylic oxidation sites excluding steroid dienone is 1. The van der Waals surface area contributed by atoms with Crippen molar-refractivity contribution in [3.63, 3.8) is 0 Å². The van der Waals surface area contributed by atoms with Crippen molar-refractivity contribution in [3.05, 3.63) is 11.1 Å². The quantitative estimate of drug-likeness (QED) is 0.557. The van der Waals surface area contributed by atoms with E-state index >= 15 is 0 Å². The maximum Gasteiger partial charge on any atom is 0.350 e. The third-order valence-corrected chi connectivity index (χ3v) is 4.10. The molecule has 0 amide bonds. The van der Waals surface area contributed by atoms with E-state index in [2.05, 4.69) is 0 Å². The summed E-state index contributed by atoms with van der Waals surface area (Å²) in [5.74, 6) is -1.96. The van der Waals surface area contributed by atoms with Crippen molar-refractivity contribution in [2.45, 2.75) is 71.1 Å².